The monoisotopic (exact) mass is 1510 g/mol. The molecule has 2 aliphatic rings. The van der Waals surface area contributed by atoms with Gasteiger partial charge in [-0.3, -0.25) is 67.4 Å². The highest BCUT2D eigenvalue weighted by Gasteiger charge is 2.45. The Bertz CT molecular complexity index is 3260. The number of urea groups is 1. The zero-order chi connectivity index (χ0) is 79.2. The Hall–Kier alpha value is -8.50. The summed E-state index contributed by atoms with van der Waals surface area (Å²) in [6, 6.07) is 7.29. The molecule has 0 bridgehead atoms. The minimum atomic E-state index is -1.16. The normalized spacial score (nSPS) is 17.8. The molecule has 2 heterocycles. The molecule has 0 saturated carbocycles. The van der Waals surface area contributed by atoms with E-state index in [1.54, 1.807) is 104 Å². The van der Waals surface area contributed by atoms with Gasteiger partial charge in [0.25, 0.3) is 0 Å². The van der Waals surface area contributed by atoms with E-state index in [0.717, 1.165) is 21.6 Å². The third kappa shape index (κ3) is 27.1. The van der Waals surface area contributed by atoms with Gasteiger partial charge in [-0.25, -0.2) is 15.5 Å². The molecule has 2 aromatic rings. The molecule has 4 rings (SSSR count). The van der Waals surface area contributed by atoms with Crippen LogP contribution in [0.3, 0.4) is 0 Å². The molecule has 33 heteroatoms. The Labute approximate surface area is 626 Å². The smallest absolute Gasteiger partial charge is 0.410 e. The number of likely N-dealkylation sites (N-methyl/N-ethyl adjacent to an activating group) is 2. The molecule has 0 spiro atoms. The second-order valence-corrected chi connectivity index (χ2v) is 29.6. The number of primary amides is 2. The number of thioether (sulfide) groups is 1. The second-order valence-electron chi connectivity index (χ2n) is 28.4. The predicted molar refractivity (Wildman–Crippen MR) is 396 cm³/mol. The van der Waals surface area contributed by atoms with Crippen LogP contribution >= 0.6 is 11.8 Å². The standard InChI is InChI=1S/C73H116N14O18S/c1-15-44(8)62(53(102-13)36-57(90)86-35-23-27-52(86)64(103-14)45(9)66(94)78-46(10)63(92)48-24-18-16-19-25-48)84(11)71(99)60(42(4)5)83-69(97)61(43(6)7)85(12)73(101)104-38-47-29-31-49(32-30-47)79-67(95)50(26-22-33-77-72(75)100)81-68(96)59(41(2)3)82-55(88)28-20-17-21-34-87-58(91)37-54(70(87)98)106-40-51(65(74)93)80-56(89)39-105-76/h16,18-19,24-25,29-32,41-46,50-54,59-64,92H,15,17,20-23,26-28,33-40,76H2,1-14H3,(H2,74,93)(H,78,94)(H,79,95)(H,80,89)(H,81,96)(H,82,88)(H,83,97)(H3,75,77,100)/t44?,45-,46-,50+,51?,52+,53-,54?,59+,60+,61+,62+,63?,64-/m1/s1. The van der Waals surface area contributed by atoms with Crippen LogP contribution in [0, 0.1) is 29.6 Å². The quantitative estimate of drug-likeness (QED) is 0.0258. The van der Waals surface area contributed by atoms with Crippen molar-refractivity contribution in [1.29, 1.82) is 0 Å². The maximum absolute atomic E-state index is 14.9. The summed E-state index contributed by atoms with van der Waals surface area (Å²) < 4.78 is 17.8. The molecule has 106 heavy (non-hydrogen) atoms. The first-order chi connectivity index (χ1) is 50.1. The van der Waals surface area contributed by atoms with Gasteiger partial charge < -0.3 is 77.8 Å². The summed E-state index contributed by atoms with van der Waals surface area (Å²) in [6.07, 6.45) is -0.204. The lowest BCUT2D eigenvalue weighted by Crippen LogP contribution is -2.60. The lowest BCUT2D eigenvalue weighted by molar-refractivity contribution is -0.148. The first-order valence-electron chi connectivity index (χ1n) is 36.4. The summed E-state index contributed by atoms with van der Waals surface area (Å²) in [5.74, 6) is -3.14. The number of unbranched alkanes of at least 4 members (excludes halogenated alkanes) is 2. The summed E-state index contributed by atoms with van der Waals surface area (Å²) in [6.45, 7) is 17.7. The third-order valence-electron chi connectivity index (χ3n) is 19.4. The van der Waals surface area contributed by atoms with Gasteiger partial charge in [-0.05, 0) is 92.4 Å². The van der Waals surface area contributed by atoms with E-state index in [0.29, 0.717) is 61.9 Å². The first kappa shape index (κ1) is 89.9. The fraction of sp³-hybridized carbons (Fsp3) is 0.658. The molecule has 2 fully saturated rings. The van der Waals surface area contributed by atoms with E-state index in [1.165, 1.54) is 26.2 Å². The number of hydrogen-bond acceptors (Lipinski definition) is 20. The van der Waals surface area contributed by atoms with E-state index in [9.17, 15) is 67.4 Å². The number of carbonyl (C=O) groups excluding carboxylic acids is 13. The van der Waals surface area contributed by atoms with E-state index >= 15 is 0 Å². The Balaban J connectivity index is 1.34. The topological polar surface area (TPSA) is 454 Å². The molecule has 14 amide bonds. The number of likely N-dealkylation sites (tertiary alicyclic amines) is 2. The largest absolute Gasteiger partial charge is 0.445 e. The number of hydrogen-bond donors (Lipinski definition) is 11. The van der Waals surface area contributed by atoms with E-state index in [4.69, 9.17) is 31.6 Å². The van der Waals surface area contributed by atoms with Crippen molar-refractivity contribution in [3.63, 3.8) is 0 Å². The molecule has 0 aromatic heterocycles. The summed E-state index contributed by atoms with van der Waals surface area (Å²) in [4.78, 5) is 183. The zero-order valence-electron chi connectivity index (χ0n) is 63.8. The highest BCUT2D eigenvalue weighted by atomic mass is 32.2. The van der Waals surface area contributed by atoms with Crippen LogP contribution in [-0.2, 0) is 78.4 Å². The molecular formula is C73H116N14O18S. The molecule has 2 aliphatic heterocycles. The summed E-state index contributed by atoms with van der Waals surface area (Å²) in [7, 11) is 6.04. The maximum Gasteiger partial charge on any atom is 0.410 e. The number of nitrogens with zero attached hydrogens (tertiary/aromatic N) is 4. The van der Waals surface area contributed by atoms with Gasteiger partial charge >= 0.3 is 12.1 Å². The van der Waals surface area contributed by atoms with Crippen molar-refractivity contribution in [3.05, 3.63) is 65.7 Å². The minimum Gasteiger partial charge on any atom is -0.445 e. The highest BCUT2D eigenvalue weighted by Crippen LogP contribution is 2.31. The number of imide groups is 1. The van der Waals surface area contributed by atoms with Crippen LogP contribution < -0.4 is 54.6 Å². The third-order valence-corrected chi connectivity index (χ3v) is 20.7. The van der Waals surface area contributed by atoms with Gasteiger partial charge in [0.05, 0.1) is 54.0 Å². The molecule has 2 aromatic carbocycles. The van der Waals surface area contributed by atoms with Crippen molar-refractivity contribution in [3.8, 4) is 0 Å². The van der Waals surface area contributed by atoms with Gasteiger partial charge in [-0.15, -0.1) is 11.8 Å². The van der Waals surface area contributed by atoms with Crippen LogP contribution in [0.2, 0.25) is 0 Å². The fourth-order valence-electron chi connectivity index (χ4n) is 13.1. The van der Waals surface area contributed by atoms with Crippen molar-refractivity contribution < 1.29 is 86.5 Å². The van der Waals surface area contributed by atoms with Gasteiger partial charge in [-0.1, -0.05) is 118 Å². The Morgan fingerprint density at radius 2 is 1.38 bits per heavy atom. The fourth-order valence-corrected chi connectivity index (χ4v) is 14.4. The molecule has 592 valence electrons. The van der Waals surface area contributed by atoms with Crippen LogP contribution in [0.5, 0.6) is 0 Å². The minimum absolute atomic E-state index is 0.00176. The van der Waals surface area contributed by atoms with Crippen molar-refractivity contribution in [2.75, 3.05) is 65.6 Å². The van der Waals surface area contributed by atoms with Crippen molar-refractivity contribution in [2.24, 2.45) is 47.0 Å². The van der Waals surface area contributed by atoms with E-state index in [1.807, 2.05) is 32.0 Å². The first-order valence-corrected chi connectivity index (χ1v) is 37.4. The maximum atomic E-state index is 14.9. The van der Waals surface area contributed by atoms with E-state index in [-0.39, 0.29) is 75.3 Å². The van der Waals surface area contributed by atoms with Gasteiger partial charge in [0.1, 0.15) is 43.4 Å². The molecule has 0 aliphatic carbocycles. The second kappa shape index (κ2) is 44.6. The number of aliphatic hydroxyl groups is 1. The van der Waals surface area contributed by atoms with Gasteiger partial charge in [0.2, 0.25) is 65.0 Å². The van der Waals surface area contributed by atoms with Gasteiger partial charge in [0.15, 0.2) is 0 Å². The predicted octanol–water partition coefficient (Wildman–Crippen LogP) is 2.87. The van der Waals surface area contributed by atoms with E-state index in [2.05, 4.69) is 42.1 Å². The number of carbonyl (C=O) groups is 13. The van der Waals surface area contributed by atoms with Crippen LogP contribution in [-0.4, -0.2) is 228 Å². The Morgan fingerprint density at radius 3 is 1.96 bits per heavy atom. The number of methoxy groups -OCH3 is 2. The SMILES string of the molecule is CCC(C)[C@@H]([C@@H](CC(=O)N1CCC[C@H]1[C@H](OC)[C@@H](C)C(=O)N[C@H](C)C(O)c1ccccc1)OC)N(C)C(=O)[C@@H](NC(=O)[C@H](C(C)C)N(C)C(=O)OCc1ccc(NC(=O)[C@H](CCCNC(N)=O)NC(=O)[C@@H](NC(=O)CCCCCN2C(=O)CC(SCC(NC(=O)CON)C(N)=O)C2=O)C(C)C)cc1)C(C)C. The molecule has 14 N–H and O–H groups in total. The average Bonchev–Trinajstić information content (AvgIpc) is 1.41. The molecule has 32 nitrogen and oxygen atoms in total. The van der Waals surface area contributed by atoms with Crippen LogP contribution in [0.4, 0.5) is 15.3 Å². The summed E-state index contributed by atoms with van der Waals surface area (Å²) >= 11 is 1.01. The number of benzene rings is 2. The number of ether oxygens (including phenoxy) is 3. The molecule has 4 unspecified atom stereocenters. The number of rotatable bonds is 45. The van der Waals surface area contributed by atoms with E-state index < -0.39 is 167 Å². The Morgan fingerprint density at radius 1 is 0.717 bits per heavy atom. The summed E-state index contributed by atoms with van der Waals surface area (Å²) in [5, 5.41) is 29.2. The van der Waals surface area contributed by atoms with Gasteiger partial charge in [-0.2, -0.15) is 0 Å². The number of amides is 14. The number of nitrogens with two attached hydrogens (primary N) is 3. The highest BCUT2D eigenvalue weighted by molar-refractivity contribution is 8.00. The lowest BCUT2D eigenvalue weighted by atomic mass is 9.89. The number of aliphatic hydroxyl groups excluding tert-OH is 1. The molecular weight excluding hydrogens is 1390 g/mol. The number of nitrogens with one attached hydrogen (secondary N) is 7. The Kier molecular flexibility index (Phi) is 37.8. The summed E-state index contributed by atoms with van der Waals surface area (Å²) in [5.41, 5.74) is 12.1. The molecule has 14 atom stereocenters. The van der Waals surface area contributed by atoms with Gasteiger partial charge in [0, 0.05) is 72.2 Å². The number of anilines is 1. The zero-order valence-corrected chi connectivity index (χ0v) is 64.7. The molecule has 0 radical (unpaired) electrons. The van der Waals surface area contributed by atoms with Crippen LogP contribution in [0.25, 0.3) is 0 Å². The molecule has 2 saturated heterocycles. The lowest BCUT2D eigenvalue weighted by Gasteiger charge is -2.41. The van der Waals surface area contributed by atoms with Crippen LogP contribution in [0.1, 0.15) is 157 Å². The van der Waals surface area contributed by atoms with Crippen molar-refractivity contribution >= 4 is 94.6 Å². The van der Waals surface area contributed by atoms with Crippen molar-refractivity contribution in [1.82, 2.24) is 51.5 Å². The van der Waals surface area contributed by atoms with Crippen molar-refractivity contribution in [2.45, 2.75) is 218 Å². The van der Waals surface area contributed by atoms with Crippen LogP contribution in [0.15, 0.2) is 54.6 Å². The average molecular weight is 1510 g/mol.